The Labute approximate surface area is 151 Å². The van der Waals surface area contributed by atoms with Crippen molar-refractivity contribution in [3.05, 3.63) is 35.4 Å². The number of piperidine rings is 1. The number of hydrogen-bond donors (Lipinski definition) is 1. The predicted octanol–water partition coefficient (Wildman–Crippen LogP) is 3.92. The van der Waals surface area contributed by atoms with Gasteiger partial charge in [0.2, 0.25) is 11.8 Å². The van der Waals surface area contributed by atoms with E-state index in [1.54, 1.807) is 6.07 Å². The highest BCUT2D eigenvalue weighted by molar-refractivity contribution is 5.81. The first-order valence-electron chi connectivity index (χ1n) is 8.88. The molecule has 1 heterocycles. The summed E-state index contributed by atoms with van der Waals surface area (Å²) in [6, 6.07) is 4.69. The lowest BCUT2D eigenvalue weighted by Gasteiger charge is -2.39. The number of nitrogens with zero attached hydrogens (tertiary/aromatic N) is 1. The van der Waals surface area contributed by atoms with E-state index in [1.165, 1.54) is 17.9 Å². The molecular formula is C19H25F3N2O2. The van der Waals surface area contributed by atoms with Crippen molar-refractivity contribution >= 4 is 11.8 Å². The van der Waals surface area contributed by atoms with E-state index in [0.717, 1.165) is 18.6 Å². The number of rotatable bonds is 4. The van der Waals surface area contributed by atoms with Gasteiger partial charge in [0.05, 0.1) is 17.5 Å². The minimum atomic E-state index is -4.43. The average molecular weight is 370 g/mol. The number of hydrogen-bond acceptors (Lipinski definition) is 2. The van der Waals surface area contributed by atoms with Gasteiger partial charge in [0.25, 0.3) is 0 Å². The fourth-order valence-corrected chi connectivity index (χ4v) is 3.26. The zero-order chi connectivity index (χ0) is 19.5. The lowest BCUT2D eigenvalue weighted by atomic mass is 9.87. The fourth-order valence-electron chi connectivity index (χ4n) is 3.26. The summed E-state index contributed by atoms with van der Waals surface area (Å²) in [6.45, 7) is 5.49. The zero-order valence-corrected chi connectivity index (χ0v) is 15.3. The van der Waals surface area contributed by atoms with Crippen molar-refractivity contribution in [3.63, 3.8) is 0 Å². The van der Waals surface area contributed by atoms with Crippen LogP contribution in [0.4, 0.5) is 13.2 Å². The van der Waals surface area contributed by atoms with E-state index in [0.29, 0.717) is 18.4 Å². The molecule has 1 N–H and O–H groups in total. The monoisotopic (exact) mass is 370 g/mol. The van der Waals surface area contributed by atoms with Gasteiger partial charge in [-0.2, -0.15) is 13.2 Å². The molecule has 2 amide bonds. The summed E-state index contributed by atoms with van der Waals surface area (Å²) in [5, 5.41) is 2.92. The molecule has 1 aromatic carbocycles. The topological polar surface area (TPSA) is 49.4 Å². The Hall–Kier alpha value is -2.05. The van der Waals surface area contributed by atoms with Gasteiger partial charge in [-0.05, 0) is 43.9 Å². The average Bonchev–Trinajstić information content (AvgIpc) is 2.60. The van der Waals surface area contributed by atoms with Crippen LogP contribution < -0.4 is 5.32 Å². The van der Waals surface area contributed by atoms with Crippen molar-refractivity contribution in [3.8, 4) is 0 Å². The summed E-state index contributed by atoms with van der Waals surface area (Å²) < 4.78 is 38.9. The first kappa shape index (κ1) is 20.3. The van der Waals surface area contributed by atoms with E-state index >= 15 is 0 Å². The first-order chi connectivity index (χ1) is 12.1. The molecule has 26 heavy (non-hydrogen) atoms. The third kappa shape index (κ3) is 4.77. The normalized spacial score (nSPS) is 22.0. The smallest absolute Gasteiger partial charge is 0.353 e. The van der Waals surface area contributed by atoms with Gasteiger partial charge in [0, 0.05) is 19.5 Å². The molecule has 2 rings (SSSR count). The van der Waals surface area contributed by atoms with Crippen molar-refractivity contribution in [2.45, 2.75) is 58.3 Å². The van der Waals surface area contributed by atoms with Gasteiger partial charge >= 0.3 is 6.18 Å². The Morgan fingerprint density at radius 1 is 1.31 bits per heavy atom. The second-order valence-electron chi connectivity index (χ2n) is 6.90. The maximum atomic E-state index is 13.0. The van der Waals surface area contributed by atoms with Gasteiger partial charge in [-0.15, -0.1) is 0 Å². The number of carbonyl (C=O) groups excluding carboxylic acids is 2. The molecule has 1 aliphatic rings. The van der Waals surface area contributed by atoms with Gasteiger partial charge < -0.3 is 10.2 Å². The van der Waals surface area contributed by atoms with Crippen LogP contribution in [-0.4, -0.2) is 29.3 Å². The first-order valence-corrected chi connectivity index (χ1v) is 8.88. The molecule has 0 aromatic heterocycles. The lowest BCUT2D eigenvalue weighted by Crippen LogP contribution is -2.47. The van der Waals surface area contributed by atoms with E-state index in [1.807, 2.05) is 13.8 Å². The van der Waals surface area contributed by atoms with Gasteiger partial charge in [0.15, 0.2) is 0 Å². The van der Waals surface area contributed by atoms with Gasteiger partial charge in [-0.25, -0.2) is 0 Å². The van der Waals surface area contributed by atoms with Gasteiger partial charge in [-0.3, -0.25) is 9.59 Å². The quantitative estimate of drug-likeness (QED) is 0.873. The highest BCUT2D eigenvalue weighted by atomic mass is 19.4. The van der Waals surface area contributed by atoms with Crippen molar-refractivity contribution in [2.75, 3.05) is 6.54 Å². The van der Waals surface area contributed by atoms with Crippen molar-refractivity contribution in [2.24, 2.45) is 5.92 Å². The van der Waals surface area contributed by atoms with Crippen molar-refractivity contribution in [1.29, 1.82) is 0 Å². The van der Waals surface area contributed by atoms with Crippen LogP contribution in [0.15, 0.2) is 24.3 Å². The van der Waals surface area contributed by atoms with Crippen molar-refractivity contribution < 1.29 is 22.8 Å². The number of carbonyl (C=O) groups is 2. The van der Waals surface area contributed by atoms with E-state index in [9.17, 15) is 22.8 Å². The molecule has 0 bridgehead atoms. The second kappa shape index (κ2) is 8.10. The molecule has 4 nitrogen and oxygen atoms in total. The number of likely N-dealkylation sites (tertiary alicyclic amines) is 1. The molecule has 0 spiro atoms. The molecule has 144 valence electrons. The molecule has 0 aliphatic carbocycles. The summed E-state index contributed by atoms with van der Waals surface area (Å²) >= 11 is 0. The van der Waals surface area contributed by atoms with Gasteiger partial charge in [0.1, 0.15) is 0 Å². The summed E-state index contributed by atoms with van der Waals surface area (Å²) in [5.41, 5.74) is -0.272. The SMILES string of the molecule is CC[C@H](C)NC(=O)[C@@H]1CC[C@@H](c2cccc(C(F)(F)F)c2)N(C(C)=O)C1. The number of nitrogens with one attached hydrogen (secondary N) is 1. The highest BCUT2D eigenvalue weighted by Gasteiger charge is 2.36. The summed E-state index contributed by atoms with van der Waals surface area (Å²) in [7, 11) is 0. The number of halogens is 3. The standard InChI is InChI=1S/C19H25F3N2O2/c1-4-12(2)23-18(26)15-8-9-17(24(11-15)13(3)25)14-6-5-7-16(10-14)19(20,21)22/h5-7,10,12,15,17H,4,8-9,11H2,1-3H3,(H,23,26)/t12-,15+,17-/m0/s1. The molecule has 1 aliphatic heterocycles. The molecule has 0 unspecified atom stereocenters. The Balaban J connectivity index is 2.19. The molecular weight excluding hydrogens is 345 g/mol. The maximum Gasteiger partial charge on any atom is 0.416 e. The summed E-state index contributed by atoms with van der Waals surface area (Å²) in [5.74, 6) is -0.684. The molecule has 1 saturated heterocycles. The van der Waals surface area contributed by atoms with E-state index in [4.69, 9.17) is 0 Å². The van der Waals surface area contributed by atoms with Crippen LogP contribution in [0.25, 0.3) is 0 Å². The molecule has 0 radical (unpaired) electrons. The van der Waals surface area contributed by atoms with Crippen LogP contribution in [0, 0.1) is 5.92 Å². The molecule has 1 fully saturated rings. The minimum absolute atomic E-state index is 0.0504. The molecule has 0 saturated carbocycles. The fraction of sp³-hybridized carbons (Fsp3) is 0.579. The van der Waals surface area contributed by atoms with E-state index < -0.39 is 17.8 Å². The van der Waals surface area contributed by atoms with E-state index in [-0.39, 0.29) is 30.3 Å². The highest BCUT2D eigenvalue weighted by Crippen LogP contribution is 2.36. The van der Waals surface area contributed by atoms with E-state index in [2.05, 4.69) is 5.32 Å². The third-order valence-corrected chi connectivity index (χ3v) is 4.96. The Morgan fingerprint density at radius 3 is 2.58 bits per heavy atom. The minimum Gasteiger partial charge on any atom is -0.353 e. The Morgan fingerprint density at radius 2 is 2.00 bits per heavy atom. The van der Waals surface area contributed by atoms with Crippen LogP contribution in [0.1, 0.15) is 57.2 Å². The molecule has 7 heteroatoms. The molecule has 1 aromatic rings. The van der Waals surface area contributed by atoms with Crippen LogP contribution in [0.3, 0.4) is 0 Å². The van der Waals surface area contributed by atoms with Crippen LogP contribution >= 0.6 is 0 Å². The largest absolute Gasteiger partial charge is 0.416 e. The number of benzene rings is 1. The van der Waals surface area contributed by atoms with Crippen LogP contribution in [0.5, 0.6) is 0 Å². The third-order valence-electron chi connectivity index (χ3n) is 4.96. The van der Waals surface area contributed by atoms with Gasteiger partial charge in [-0.1, -0.05) is 19.1 Å². The number of amides is 2. The van der Waals surface area contributed by atoms with Crippen LogP contribution in [0.2, 0.25) is 0 Å². The lowest BCUT2D eigenvalue weighted by molar-refractivity contribution is -0.137. The molecule has 3 atom stereocenters. The summed E-state index contributed by atoms with van der Waals surface area (Å²) in [4.78, 5) is 26.0. The Bertz CT molecular complexity index is 660. The summed E-state index contributed by atoms with van der Waals surface area (Å²) in [6.07, 6.45) is -2.63. The Kier molecular flexibility index (Phi) is 6.31. The predicted molar refractivity (Wildman–Crippen MR) is 92.2 cm³/mol. The zero-order valence-electron chi connectivity index (χ0n) is 15.3. The van der Waals surface area contributed by atoms with Crippen molar-refractivity contribution in [1.82, 2.24) is 10.2 Å². The second-order valence-corrected chi connectivity index (χ2v) is 6.90. The maximum absolute atomic E-state index is 13.0. The van der Waals surface area contributed by atoms with Crippen LogP contribution in [-0.2, 0) is 15.8 Å². The number of alkyl halides is 3.